The fraction of sp³-hybridized carbons (Fsp3) is 0.273. The third-order valence-corrected chi connectivity index (χ3v) is 5.06. The second-order valence-electron chi connectivity index (χ2n) is 4.63. The largest absolute Gasteiger partial charge is 0.418 e. The number of nitrogens with zero attached hydrogens (tertiary/aromatic N) is 4. The number of halogens is 5. The monoisotopic (exact) mass is 416 g/mol. The zero-order valence-electron chi connectivity index (χ0n) is 11.9. The van der Waals surface area contributed by atoms with Crippen molar-refractivity contribution in [2.24, 2.45) is 9.39 Å². The van der Waals surface area contributed by atoms with Gasteiger partial charge >= 0.3 is 11.9 Å². The Balaban J connectivity index is 2.80. The number of nitro benzene ring substituents is 2. The third kappa shape index (κ3) is 3.70. The van der Waals surface area contributed by atoms with E-state index < -0.39 is 43.0 Å². The van der Waals surface area contributed by atoms with Crippen molar-refractivity contribution in [2.45, 2.75) is 17.4 Å². The summed E-state index contributed by atoms with van der Waals surface area (Å²) >= 11 is 12.4. The molecule has 1 heterocycles. The molecule has 0 N–H and O–H groups in total. The van der Waals surface area contributed by atoms with Gasteiger partial charge < -0.3 is 0 Å². The lowest BCUT2D eigenvalue weighted by molar-refractivity contribution is -0.394. The average molecular weight is 417 g/mol. The Hall–Kier alpha value is -1.92. The van der Waals surface area contributed by atoms with Gasteiger partial charge in [-0.3, -0.25) is 20.2 Å². The van der Waals surface area contributed by atoms with Gasteiger partial charge in [-0.15, -0.1) is 0 Å². The summed E-state index contributed by atoms with van der Waals surface area (Å²) in [7, 11) is 0. The molecule has 14 heteroatoms. The Kier molecular flexibility index (Phi) is 4.99. The van der Waals surface area contributed by atoms with Gasteiger partial charge in [-0.2, -0.15) is 13.2 Å². The van der Waals surface area contributed by atoms with Gasteiger partial charge in [0.25, 0.3) is 5.69 Å². The van der Waals surface area contributed by atoms with E-state index in [1.165, 1.54) is 6.92 Å². The number of rotatable bonds is 3. The summed E-state index contributed by atoms with van der Waals surface area (Å²) in [5.74, 6) is 0. The Bertz CT molecular complexity index is 841. The van der Waals surface area contributed by atoms with E-state index in [0.717, 1.165) is 0 Å². The number of nitro groups is 2. The van der Waals surface area contributed by atoms with Crippen molar-refractivity contribution in [3.63, 3.8) is 0 Å². The topological polar surface area (TPSA) is 111 Å². The van der Waals surface area contributed by atoms with Crippen LogP contribution >= 0.6 is 35.1 Å². The summed E-state index contributed by atoms with van der Waals surface area (Å²) in [4.78, 5) is 23.1. The van der Waals surface area contributed by atoms with Crippen LogP contribution in [0.5, 0.6) is 0 Å². The molecule has 1 aromatic rings. The number of hydrogen-bond acceptors (Lipinski definition) is 7. The van der Waals surface area contributed by atoms with Gasteiger partial charge in [-0.05, 0) is 6.92 Å². The molecule has 1 aliphatic rings. The zero-order chi connectivity index (χ0) is 19.2. The molecule has 1 aliphatic heterocycles. The maximum atomic E-state index is 13.3. The van der Waals surface area contributed by atoms with Crippen LogP contribution in [0.15, 0.2) is 21.5 Å². The van der Waals surface area contributed by atoms with Gasteiger partial charge in [0.15, 0.2) is 5.69 Å². The highest BCUT2D eigenvalue weighted by atomic mass is 35.5. The maximum Gasteiger partial charge on any atom is 0.418 e. The van der Waals surface area contributed by atoms with E-state index in [-0.39, 0.29) is 16.8 Å². The van der Waals surface area contributed by atoms with Gasteiger partial charge in [0.2, 0.25) is 4.33 Å². The number of non-ortho nitro benzene ring substituents is 1. The van der Waals surface area contributed by atoms with Gasteiger partial charge in [-0.25, -0.2) is 9.39 Å². The number of aliphatic imine (C=N–C) groups is 1. The molecule has 0 bridgehead atoms. The Morgan fingerprint density at radius 1 is 1.24 bits per heavy atom. The molecule has 1 aromatic carbocycles. The standard InChI is InChI=1S/C11H5Cl2F3N4O4S/c1-4-10(12,13)9(25-18-4)17-8-6(11(14,15)16)2-5(19(21)22)3-7(8)20(23)24/h2-3H,1H3. The lowest BCUT2D eigenvalue weighted by atomic mass is 10.1. The first-order valence-corrected chi connectivity index (χ1v) is 7.61. The van der Waals surface area contributed by atoms with Crippen LogP contribution in [0, 0.1) is 20.2 Å². The van der Waals surface area contributed by atoms with Crippen LogP contribution in [0.4, 0.5) is 30.2 Å². The SMILES string of the molecule is CC1=NSC(=Nc2c([N+](=O)[O-])cc([N+](=O)[O-])cc2C(F)(F)F)C1(Cl)Cl. The first-order chi connectivity index (χ1) is 11.4. The van der Waals surface area contributed by atoms with E-state index in [9.17, 15) is 33.4 Å². The highest BCUT2D eigenvalue weighted by Gasteiger charge is 2.44. The van der Waals surface area contributed by atoms with Crippen LogP contribution < -0.4 is 0 Å². The molecule has 0 fully saturated rings. The first kappa shape index (κ1) is 19.4. The highest BCUT2D eigenvalue weighted by molar-refractivity contribution is 8.14. The second kappa shape index (κ2) is 6.42. The summed E-state index contributed by atoms with van der Waals surface area (Å²) < 4.78 is 41.7. The van der Waals surface area contributed by atoms with Gasteiger partial charge in [0.1, 0.15) is 5.04 Å². The number of hydrogen-bond donors (Lipinski definition) is 0. The highest BCUT2D eigenvalue weighted by Crippen LogP contribution is 2.47. The maximum absolute atomic E-state index is 13.3. The lowest BCUT2D eigenvalue weighted by Gasteiger charge is -2.14. The fourth-order valence-corrected chi connectivity index (χ4v) is 2.99. The lowest BCUT2D eigenvalue weighted by Crippen LogP contribution is -2.27. The molecule has 0 saturated heterocycles. The Labute approximate surface area is 151 Å². The minimum absolute atomic E-state index is 0.123. The first-order valence-electron chi connectivity index (χ1n) is 6.08. The van der Waals surface area contributed by atoms with Crippen molar-refractivity contribution < 1.29 is 23.0 Å². The summed E-state index contributed by atoms with van der Waals surface area (Å²) in [6.45, 7) is 1.39. The second-order valence-corrected chi connectivity index (χ2v) is 6.71. The summed E-state index contributed by atoms with van der Waals surface area (Å²) in [6.07, 6.45) is -5.14. The third-order valence-electron chi connectivity index (χ3n) is 2.99. The molecule has 0 radical (unpaired) electrons. The van der Waals surface area contributed by atoms with Crippen LogP contribution in [0.2, 0.25) is 0 Å². The summed E-state index contributed by atoms with van der Waals surface area (Å²) in [5.41, 5.74) is -4.98. The van der Waals surface area contributed by atoms with Crippen molar-refractivity contribution >= 4 is 63.0 Å². The van der Waals surface area contributed by atoms with Crippen molar-refractivity contribution in [1.29, 1.82) is 0 Å². The van der Waals surface area contributed by atoms with Crippen molar-refractivity contribution in [3.8, 4) is 0 Å². The summed E-state index contributed by atoms with van der Waals surface area (Å²) in [6, 6.07) is 0.538. The van der Waals surface area contributed by atoms with E-state index in [1.54, 1.807) is 0 Å². The molecule has 2 rings (SSSR count). The predicted octanol–water partition coefficient (Wildman–Crippen LogP) is 4.85. The number of benzene rings is 1. The molecule has 0 unspecified atom stereocenters. The Morgan fingerprint density at radius 3 is 2.24 bits per heavy atom. The molecule has 134 valence electrons. The molecule has 0 saturated carbocycles. The summed E-state index contributed by atoms with van der Waals surface area (Å²) in [5, 5.41) is 21.6. The van der Waals surface area contributed by atoms with E-state index in [4.69, 9.17) is 23.2 Å². The zero-order valence-corrected chi connectivity index (χ0v) is 14.2. The molecule has 0 spiro atoms. The minimum atomic E-state index is -5.14. The molecule has 0 aliphatic carbocycles. The minimum Gasteiger partial charge on any atom is -0.258 e. The molecule has 25 heavy (non-hydrogen) atoms. The molecule has 0 atom stereocenters. The molecular weight excluding hydrogens is 412 g/mol. The van der Waals surface area contributed by atoms with Crippen LogP contribution in [-0.4, -0.2) is 24.9 Å². The van der Waals surface area contributed by atoms with Crippen LogP contribution in [0.1, 0.15) is 12.5 Å². The van der Waals surface area contributed by atoms with Gasteiger partial charge in [0.05, 0.1) is 27.2 Å². The molecule has 0 aromatic heterocycles. The van der Waals surface area contributed by atoms with E-state index in [2.05, 4.69) is 9.39 Å². The smallest absolute Gasteiger partial charge is 0.258 e. The Morgan fingerprint density at radius 2 is 1.84 bits per heavy atom. The number of alkyl halides is 5. The van der Waals surface area contributed by atoms with E-state index >= 15 is 0 Å². The predicted molar refractivity (Wildman–Crippen MR) is 87.0 cm³/mol. The van der Waals surface area contributed by atoms with Crippen LogP contribution in [-0.2, 0) is 6.18 Å². The van der Waals surface area contributed by atoms with E-state index in [1.807, 2.05) is 0 Å². The molecular formula is C11H5Cl2F3N4O4S. The normalized spacial score (nSPS) is 18.3. The van der Waals surface area contributed by atoms with E-state index in [0.29, 0.717) is 18.0 Å². The van der Waals surface area contributed by atoms with Gasteiger partial charge in [0, 0.05) is 18.0 Å². The quantitative estimate of drug-likeness (QED) is 0.302. The van der Waals surface area contributed by atoms with Crippen molar-refractivity contribution in [2.75, 3.05) is 0 Å². The van der Waals surface area contributed by atoms with Crippen molar-refractivity contribution in [1.82, 2.24) is 0 Å². The molecule has 8 nitrogen and oxygen atoms in total. The van der Waals surface area contributed by atoms with Gasteiger partial charge in [-0.1, -0.05) is 23.2 Å². The fourth-order valence-electron chi connectivity index (χ4n) is 1.76. The van der Waals surface area contributed by atoms with Crippen molar-refractivity contribution in [3.05, 3.63) is 37.9 Å². The van der Waals surface area contributed by atoms with Crippen LogP contribution in [0.3, 0.4) is 0 Å². The molecule has 0 amide bonds. The average Bonchev–Trinajstić information content (AvgIpc) is 2.72. The van der Waals surface area contributed by atoms with Crippen LogP contribution in [0.25, 0.3) is 0 Å².